The van der Waals surface area contributed by atoms with E-state index in [2.05, 4.69) is 24.1 Å². The number of benzene rings is 2. The molecule has 118 valence electrons. The lowest BCUT2D eigenvalue weighted by atomic mass is 10.1. The third-order valence-corrected chi connectivity index (χ3v) is 3.41. The summed E-state index contributed by atoms with van der Waals surface area (Å²) in [7, 11) is 0. The van der Waals surface area contributed by atoms with Crippen molar-refractivity contribution in [3.05, 3.63) is 77.9 Å². The Kier molecular flexibility index (Phi) is 5.69. The summed E-state index contributed by atoms with van der Waals surface area (Å²) in [6.07, 6.45) is 2.56. The van der Waals surface area contributed by atoms with E-state index in [4.69, 9.17) is 0 Å². The number of carbonyl (C=O) groups is 2. The zero-order valence-corrected chi connectivity index (χ0v) is 13.1. The quantitative estimate of drug-likeness (QED) is 0.803. The predicted molar refractivity (Wildman–Crippen MR) is 92.7 cm³/mol. The highest BCUT2D eigenvalue weighted by molar-refractivity contribution is 6.06. The van der Waals surface area contributed by atoms with Crippen LogP contribution < -0.4 is 10.6 Å². The van der Waals surface area contributed by atoms with Crippen LogP contribution in [0.3, 0.4) is 0 Å². The molecule has 2 aromatic rings. The Bertz CT molecular complexity index is 706. The average molecular weight is 308 g/mol. The zero-order chi connectivity index (χ0) is 16.7. The first-order valence-electron chi connectivity index (χ1n) is 7.53. The topological polar surface area (TPSA) is 58.2 Å². The lowest BCUT2D eigenvalue weighted by molar-refractivity contribution is 0.0958. The summed E-state index contributed by atoms with van der Waals surface area (Å²) in [5.74, 6) is -0.473. The molecular formula is C19H20N2O2. The molecule has 0 radical (unpaired) electrons. The van der Waals surface area contributed by atoms with E-state index in [1.54, 1.807) is 30.3 Å². The van der Waals surface area contributed by atoms with E-state index in [1.807, 2.05) is 24.3 Å². The molecule has 0 fully saturated rings. The van der Waals surface area contributed by atoms with E-state index in [1.165, 1.54) is 5.56 Å². The van der Waals surface area contributed by atoms with Crippen molar-refractivity contribution < 1.29 is 9.59 Å². The Hall–Kier alpha value is -2.88. The first-order valence-corrected chi connectivity index (χ1v) is 7.53. The largest absolute Gasteiger partial charge is 0.349 e. The molecule has 2 amide bonds. The summed E-state index contributed by atoms with van der Waals surface area (Å²) in [5, 5.41) is 5.52. The Morgan fingerprint density at radius 1 is 1.04 bits per heavy atom. The smallest absolute Gasteiger partial charge is 0.255 e. The van der Waals surface area contributed by atoms with Gasteiger partial charge in [-0.2, -0.15) is 0 Å². The number of nitrogens with one attached hydrogen (secondary N) is 2. The van der Waals surface area contributed by atoms with Crippen molar-refractivity contribution in [1.29, 1.82) is 0 Å². The first kappa shape index (κ1) is 16.5. The highest BCUT2D eigenvalue weighted by atomic mass is 16.2. The van der Waals surface area contributed by atoms with E-state index in [9.17, 15) is 9.59 Å². The van der Waals surface area contributed by atoms with E-state index >= 15 is 0 Å². The van der Waals surface area contributed by atoms with E-state index in [-0.39, 0.29) is 11.8 Å². The van der Waals surface area contributed by atoms with Crippen LogP contribution in [0.2, 0.25) is 0 Å². The van der Waals surface area contributed by atoms with Gasteiger partial charge in [-0.25, -0.2) is 0 Å². The molecule has 0 aromatic heterocycles. The maximum absolute atomic E-state index is 12.3. The van der Waals surface area contributed by atoms with Crippen molar-refractivity contribution in [3.8, 4) is 0 Å². The highest BCUT2D eigenvalue weighted by Gasteiger charge is 2.10. The third kappa shape index (κ3) is 4.54. The summed E-state index contributed by atoms with van der Waals surface area (Å²) >= 11 is 0. The minimum absolute atomic E-state index is 0.230. The Labute approximate surface area is 136 Å². The fourth-order valence-corrected chi connectivity index (χ4v) is 2.10. The Morgan fingerprint density at radius 2 is 1.70 bits per heavy atom. The lowest BCUT2D eigenvalue weighted by Crippen LogP contribution is -2.23. The number of rotatable bonds is 6. The van der Waals surface area contributed by atoms with Crippen molar-refractivity contribution in [2.24, 2.45) is 0 Å². The van der Waals surface area contributed by atoms with Crippen molar-refractivity contribution in [2.75, 3.05) is 11.9 Å². The van der Waals surface area contributed by atoms with Crippen LogP contribution in [0.5, 0.6) is 0 Å². The third-order valence-electron chi connectivity index (χ3n) is 3.41. The molecule has 0 bridgehead atoms. The Morgan fingerprint density at radius 3 is 2.30 bits per heavy atom. The molecule has 4 nitrogen and oxygen atoms in total. The number of hydrogen-bond donors (Lipinski definition) is 2. The molecule has 2 rings (SSSR count). The summed E-state index contributed by atoms with van der Waals surface area (Å²) in [6.45, 7) is 6.02. The van der Waals surface area contributed by atoms with Crippen LogP contribution >= 0.6 is 0 Å². The fourth-order valence-electron chi connectivity index (χ4n) is 2.10. The first-order chi connectivity index (χ1) is 11.1. The van der Waals surface area contributed by atoms with Gasteiger partial charge >= 0.3 is 0 Å². The van der Waals surface area contributed by atoms with Crippen molar-refractivity contribution in [2.45, 2.75) is 13.3 Å². The minimum Gasteiger partial charge on any atom is -0.349 e. The molecule has 2 N–H and O–H groups in total. The van der Waals surface area contributed by atoms with Crippen molar-refractivity contribution in [3.63, 3.8) is 0 Å². The van der Waals surface area contributed by atoms with Gasteiger partial charge in [0.15, 0.2) is 0 Å². The van der Waals surface area contributed by atoms with Crippen LogP contribution in [0.4, 0.5) is 5.69 Å². The van der Waals surface area contributed by atoms with Gasteiger partial charge in [-0.05, 0) is 42.3 Å². The second-order valence-electron chi connectivity index (χ2n) is 5.08. The molecule has 0 unspecified atom stereocenters. The van der Waals surface area contributed by atoms with Gasteiger partial charge in [0.25, 0.3) is 11.8 Å². The second-order valence-corrected chi connectivity index (χ2v) is 5.08. The monoisotopic (exact) mass is 308 g/mol. The number of anilines is 1. The SMILES string of the molecule is C=CCNC(=O)c1cccc(C(=O)Nc2ccc(CC)cc2)c1. The molecule has 4 heteroatoms. The van der Waals surface area contributed by atoms with Crippen LogP contribution in [0, 0.1) is 0 Å². The second kappa shape index (κ2) is 7.94. The van der Waals surface area contributed by atoms with Gasteiger partial charge in [0.05, 0.1) is 0 Å². The number of amides is 2. The Balaban J connectivity index is 2.09. The molecule has 0 aliphatic heterocycles. The summed E-state index contributed by atoms with van der Waals surface area (Å²) in [5.41, 5.74) is 2.83. The van der Waals surface area contributed by atoms with Gasteiger partial charge < -0.3 is 10.6 Å². The maximum Gasteiger partial charge on any atom is 0.255 e. The average Bonchev–Trinajstić information content (AvgIpc) is 2.60. The standard InChI is InChI=1S/C19H20N2O2/c1-3-12-20-18(22)15-6-5-7-16(13-15)19(23)21-17-10-8-14(4-2)9-11-17/h3,5-11,13H,1,4,12H2,2H3,(H,20,22)(H,21,23). The van der Waals surface area contributed by atoms with Gasteiger partial charge in [0.1, 0.15) is 0 Å². The molecule has 2 aromatic carbocycles. The molecule has 0 saturated carbocycles. The number of aryl methyl sites for hydroxylation is 1. The normalized spacial score (nSPS) is 9.96. The van der Waals surface area contributed by atoms with Crippen LogP contribution in [0.1, 0.15) is 33.2 Å². The molecule has 0 heterocycles. The number of carbonyl (C=O) groups excluding carboxylic acids is 2. The molecule has 0 spiro atoms. The molecule has 0 saturated heterocycles. The van der Waals surface area contributed by atoms with Gasteiger partial charge in [-0.3, -0.25) is 9.59 Å². The van der Waals surface area contributed by atoms with E-state index in [0.29, 0.717) is 17.7 Å². The van der Waals surface area contributed by atoms with Crippen LogP contribution in [-0.4, -0.2) is 18.4 Å². The van der Waals surface area contributed by atoms with Gasteiger partial charge in [0, 0.05) is 23.4 Å². The van der Waals surface area contributed by atoms with E-state index < -0.39 is 0 Å². The van der Waals surface area contributed by atoms with Crippen LogP contribution in [-0.2, 0) is 6.42 Å². The summed E-state index contributed by atoms with van der Waals surface area (Å²) < 4.78 is 0. The van der Waals surface area contributed by atoms with Gasteiger partial charge in [-0.15, -0.1) is 6.58 Å². The van der Waals surface area contributed by atoms with Gasteiger partial charge in [-0.1, -0.05) is 31.2 Å². The fraction of sp³-hybridized carbons (Fsp3) is 0.158. The van der Waals surface area contributed by atoms with Gasteiger partial charge in [0.2, 0.25) is 0 Å². The summed E-state index contributed by atoms with van der Waals surface area (Å²) in [4.78, 5) is 24.2. The van der Waals surface area contributed by atoms with Crippen molar-refractivity contribution in [1.82, 2.24) is 5.32 Å². The summed E-state index contributed by atoms with van der Waals surface area (Å²) in [6, 6.07) is 14.3. The highest BCUT2D eigenvalue weighted by Crippen LogP contribution is 2.13. The molecule has 23 heavy (non-hydrogen) atoms. The maximum atomic E-state index is 12.3. The molecule has 0 aliphatic rings. The minimum atomic E-state index is -0.243. The van der Waals surface area contributed by atoms with Crippen LogP contribution in [0.25, 0.3) is 0 Å². The van der Waals surface area contributed by atoms with E-state index in [0.717, 1.165) is 12.1 Å². The molecule has 0 atom stereocenters. The molecule has 0 aliphatic carbocycles. The van der Waals surface area contributed by atoms with Crippen molar-refractivity contribution >= 4 is 17.5 Å². The van der Waals surface area contributed by atoms with Crippen LogP contribution in [0.15, 0.2) is 61.2 Å². The lowest BCUT2D eigenvalue weighted by Gasteiger charge is -2.08. The zero-order valence-electron chi connectivity index (χ0n) is 13.1. The predicted octanol–water partition coefficient (Wildman–Crippen LogP) is 3.42. The number of hydrogen-bond acceptors (Lipinski definition) is 2. The molecular weight excluding hydrogens is 288 g/mol.